The molecule has 2 unspecified atom stereocenters. The molecule has 3 fully saturated rings. The first-order valence-electron chi connectivity index (χ1n) is 7.52. The third-order valence-corrected chi connectivity index (χ3v) is 5.19. The fourth-order valence-corrected chi connectivity index (χ4v) is 4.29. The normalized spacial score (nSPS) is 37.9. The number of nitrogens with zero attached hydrogens (tertiary/aromatic N) is 2. The minimum Gasteiger partial charge on any atom is -0.329 e. The van der Waals surface area contributed by atoms with Crippen LogP contribution in [0, 0.1) is 0 Å². The van der Waals surface area contributed by atoms with Crippen LogP contribution in [0.1, 0.15) is 45.4 Å². The van der Waals surface area contributed by atoms with Gasteiger partial charge in [-0.1, -0.05) is 6.92 Å². The molecule has 17 heavy (non-hydrogen) atoms. The van der Waals surface area contributed by atoms with E-state index in [1.54, 1.807) is 0 Å². The molecule has 0 aromatic rings. The second kappa shape index (κ2) is 4.52. The van der Waals surface area contributed by atoms with E-state index in [4.69, 9.17) is 5.73 Å². The van der Waals surface area contributed by atoms with Crippen molar-refractivity contribution in [3.8, 4) is 0 Å². The average molecular weight is 237 g/mol. The predicted octanol–water partition coefficient (Wildman–Crippen LogP) is 1.43. The molecule has 0 spiro atoms. The highest BCUT2D eigenvalue weighted by atomic mass is 15.4. The first-order valence-corrected chi connectivity index (χ1v) is 7.52. The molecule has 3 aliphatic rings. The topological polar surface area (TPSA) is 32.5 Å². The van der Waals surface area contributed by atoms with Crippen molar-refractivity contribution in [2.45, 2.75) is 63.1 Å². The van der Waals surface area contributed by atoms with Crippen LogP contribution in [-0.4, -0.2) is 53.6 Å². The molecule has 0 radical (unpaired) electrons. The second-order valence-electron chi connectivity index (χ2n) is 6.18. The lowest BCUT2D eigenvalue weighted by Crippen LogP contribution is -2.60. The van der Waals surface area contributed by atoms with Crippen LogP contribution in [0.2, 0.25) is 0 Å². The zero-order valence-corrected chi connectivity index (χ0v) is 11.2. The summed E-state index contributed by atoms with van der Waals surface area (Å²) in [7, 11) is 0. The van der Waals surface area contributed by atoms with Crippen LogP contribution in [0.4, 0.5) is 0 Å². The van der Waals surface area contributed by atoms with E-state index in [9.17, 15) is 0 Å². The van der Waals surface area contributed by atoms with Gasteiger partial charge in [-0.15, -0.1) is 0 Å². The Morgan fingerprint density at radius 2 is 2.12 bits per heavy atom. The van der Waals surface area contributed by atoms with Gasteiger partial charge in [0.05, 0.1) is 5.54 Å². The summed E-state index contributed by atoms with van der Waals surface area (Å²) >= 11 is 0. The van der Waals surface area contributed by atoms with Crippen molar-refractivity contribution < 1.29 is 0 Å². The molecule has 3 rings (SSSR count). The van der Waals surface area contributed by atoms with Gasteiger partial charge in [0.1, 0.15) is 0 Å². The summed E-state index contributed by atoms with van der Waals surface area (Å²) < 4.78 is 0. The molecule has 2 aliphatic heterocycles. The van der Waals surface area contributed by atoms with Gasteiger partial charge >= 0.3 is 0 Å². The van der Waals surface area contributed by atoms with Gasteiger partial charge in [0.15, 0.2) is 0 Å². The summed E-state index contributed by atoms with van der Waals surface area (Å²) in [5.74, 6) is 0. The third kappa shape index (κ3) is 1.83. The largest absolute Gasteiger partial charge is 0.329 e. The summed E-state index contributed by atoms with van der Waals surface area (Å²) in [5.41, 5.74) is 6.58. The van der Waals surface area contributed by atoms with E-state index in [0.717, 1.165) is 18.6 Å². The second-order valence-corrected chi connectivity index (χ2v) is 6.18. The molecule has 2 saturated heterocycles. The minimum absolute atomic E-state index is 0.327. The van der Waals surface area contributed by atoms with Crippen LogP contribution in [0.3, 0.4) is 0 Å². The summed E-state index contributed by atoms with van der Waals surface area (Å²) in [6.45, 7) is 7.03. The van der Waals surface area contributed by atoms with Crippen LogP contribution in [-0.2, 0) is 0 Å². The Morgan fingerprint density at radius 3 is 2.76 bits per heavy atom. The van der Waals surface area contributed by atoms with Crippen molar-refractivity contribution in [1.29, 1.82) is 0 Å². The molecule has 3 nitrogen and oxygen atoms in total. The molecule has 1 saturated carbocycles. The van der Waals surface area contributed by atoms with E-state index < -0.39 is 0 Å². The molecule has 98 valence electrons. The zero-order chi connectivity index (χ0) is 11.9. The van der Waals surface area contributed by atoms with Gasteiger partial charge < -0.3 is 5.73 Å². The lowest BCUT2D eigenvalue weighted by atomic mass is 9.86. The van der Waals surface area contributed by atoms with Crippen LogP contribution >= 0.6 is 0 Å². The Balaban J connectivity index is 1.84. The molecule has 3 heteroatoms. The van der Waals surface area contributed by atoms with Gasteiger partial charge in [-0.25, -0.2) is 0 Å². The maximum absolute atomic E-state index is 6.25. The molecule has 0 amide bonds. The van der Waals surface area contributed by atoms with E-state index in [1.165, 1.54) is 58.2 Å². The summed E-state index contributed by atoms with van der Waals surface area (Å²) in [5, 5.41) is 0. The van der Waals surface area contributed by atoms with Crippen molar-refractivity contribution in [2.24, 2.45) is 5.73 Å². The first-order chi connectivity index (χ1) is 8.31. The maximum Gasteiger partial charge on any atom is 0.0501 e. The number of hydrogen-bond acceptors (Lipinski definition) is 3. The lowest BCUT2D eigenvalue weighted by molar-refractivity contribution is 0.0571. The lowest BCUT2D eigenvalue weighted by Gasteiger charge is -2.45. The zero-order valence-electron chi connectivity index (χ0n) is 11.2. The van der Waals surface area contributed by atoms with Gasteiger partial charge in [-0.05, 0) is 51.6 Å². The molecular formula is C14H27N3. The molecule has 0 aromatic carbocycles. The fourth-order valence-electron chi connectivity index (χ4n) is 4.29. The smallest absolute Gasteiger partial charge is 0.0501 e. The van der Waals surface area contributed by atoms with Crippen molar-refractivity contribution >= 4 is 0 Å². The van der Waals surface area contributed by atoms with Gasteiger partial charge in [-0.2, -0.15) is 0 Å². The van der Waals surface area contributed by atoms with Crippen molar-refractivity contribution in [3.05, 3.63) is 0 Å². The SMILES string of the molecule is CCCN(C1CC1)C1(CN)CCN2CCCC21. The summed E-state index contributed by atoms with van der Waals surface area (Å²) in [6.07, 6.45) is 8.17. The fraction of sp³-hybridized carbons (Fsp3) is 1.00. The monoisotopic (exact) mass is 237 g/mol. The van der Waals surface area contributed by atoms with Crippen molar-refractivity contribution in [3.63, 3.8) is 0 Å². The molecule has 1 aliphatic carbocycles. The Labute approximate surface area is 105 Å². The van der Waals surface area contributed by atoms with Crippen LogP contribution in [0.5, 0.6) is 0 Å². The highest BCUT2D eigenvalue weighted by Gasteiger charge is 2.54. The van der Waals surface area contributed by atoms with Crippen LogP contribution in [0.15, 0.2) is 0 Å². The van der Waals surface area contributed by atoms with Crippen LogP contribution in [0.25, 0.3) is 0 Å². The van der Waals surface area contributed by atoms with Crippen molar-refractivity contribution in [1.82, 2.24) is 9.80 Å². The quantitative estimate of drug-likeness (QED) is 0.785. The van der Waals surface area contributed by atoms with E-state index in [0.29, 0.717) is 5.54 Å². The standard InChI is InChI=1S/C14H27N3/c1-2-8-17(12-5-6-12)14(11-15)7-10-16-9-3-4-13(14)16/h12-13H,2-11,15H2,1H3. The highest BCUT2D eigenvalue weighted by molar-refractivity contribution is 5.12. The minimum atomic E-state index is 0.327. The Kier molecular flexibility index (Phi) is 3.18. The van der Waals surface area contributed by atoms with Gasteiger partial charge in [-0.3, -0.25) is 9.80 Å². The van der Waals surface area contributed by atoms with E-state index in [2.05, 4.69) is 16.7 Å². The summed E-state index contributed by atoms with van der Waals surface area (Å²) in [6, 6.07) is 1.62. The number of fused-ring (bicyclic) bond motifs is 1. The number of rotatable bonds is 5. The molecule has 2 atom stereocenters. The third-order valence-electron chi connectivity index (χ3n) is 5.19. The van der Waals surface area contributed by atoms with E-state index >= 15 is 0 Å². The molecular weight excluding hydrogens is 210 g/mol. The predicted molar refractivity (Wildman–Crippen MR) is 71.0 cm³/mol. The Bertz CT molecular complexity index is 277. The Hall–Kier alpha value is -0.120. The molecule has 2 heterocycles. The van der Waals surface area contributed by atoms with Gasteiger partial charge in [0, 0.05) is 25.2 Å². The maximum atomic E-state index is 6.25. The molecule has 2 N–H and O–H groups in total. The average Bonchev–Trinajstić information content (AvgIpc) is 2.95. The van der Waals surface area contributed by atoms with Gasteiger partial charge in [0.25, 0.3) is 0 Å². The van der Waals surface area contributed by atoms with Crippen LogP contribution < -0.4 is 5.73 Å². The van der Waals surface area contributed by atoms with E-state index in [-0.39, 0.29) is 0 Å². The molecule has 0 bridgehead atoms. The first kappa shape index (κ1) is 11.9. The van der Waals surface area contributed by atoms with Crippen molar-refractivity contribution in [2.75, 3.05) is 26.2 Å². The van der Waals surface area contributed by atoms with E-state index in [1.807, 2.05) is 0 Å². The number of hydrogen-bond donors (Lipinski definition) is 1. The summed E-state index contributed by atoms with van der Waals surface area (Å²) in [4.78, 5) is 5.51. The highest BCUT2D eigenvalue weighted by Crippen LogP contribution is 2.44. The number of nitrogens with two attached hydrogens (primary N) is 1. The van der Waals surface area contributed by atoms with Gasteiger partial charge in [0.2, 0.25) is 0 Å². The Morgan fingerprint density at radius 1 is 1.29 bits per heavy atom. The molecule has 0 aromatic heterocycles.